The van der Waals surface area contributed by atoms with Crippen molar-refractivity contribution >= 4 is 17.8 Å². The maximum atomic E-state index is 14.2. The van der Waals surface area contributed by atoms with E-state index >= 15 is 0 Å². The van der Waals surface area contributed by atoms with Crippen molar-refractivity contribution < 1.29 is 28.9 Å². The van der Waals surface area contributed by atoms with E-state index in [9.17, 15) is 4.39 Å². The average molecular weight is 409 g/mol. The molecule has 0 aromatic heterocycles. The second kappa shape index (κ2) is 7.87. The third-order valence-corrected chi connectivity index (χ3v) is 4.81. The van der Waals surface area contributed by atoms with Gasteiger partial charge in [0.05, 0.1) is 0 Å². The molecule has 1 aliphatic heterocycles. The number of rotatable bonds is 4. The van der Waals surface area contributed by atoms with Crippen LogP contribution in [0.15, 0.2) is 30.3 Å². The maximum absolute atomic E-state index is 14.2. The maximum Gasteiger partial charge on any atom is 0.503 e. The van der Waals surface area contributed by atoms with Gasteiger partial charge in [0.2, 0.25) is 0 Å². The second-order valence-electron chi connectivity index (χ2n) is 7.63. The summed E-state index contributed by atoms with van der Waals surface area (Å²) in [4.78, 5) is 8.56. The summed E-state index contributed by atoms with van der Waals surface area (Å²) in [5.74, 6) is 1.31. The molecule has 2 aromatic carbocycles. The molecule has 4 rings (SSSR count). The third kappa shape index (κ3) is 5.07. The van der Waals surface area contributed by atoms with E-state index in [2.05, 4.69) is 0 Å². The molecule has 2 aliphatic rings. The number of hydrogen-bond acceptors (Lipinski definition) is 3. The van der Waals surface area contributed by atoms with E-state index in [1.807, 2.05) is 32.0 Å². The minimum absolute atomic E-state index is 0.235. The highest BCUT2D eigenvalue weighted by molar-refractivity contribution is 6.30. The molecule has 0 bridgehead atoms. The van der Waals surface area contributed by atoms with Crippen LogP contribution in [0.4, 0.5) is 9.18 Å². The molecule has 2 N–H and O–H groups in total. The first-order valence-electron chi connectivity index (χ1n) is 8.99. The normalized spacial score (nSPS) is 16.4. The molecule has 0 amide bonds. The standard InChI is InChI=1S/C20H20ClFO2.CH2O3/c1-20(2)10-14-7-16(21)8-15(19(14)24-20)11-23-18-6-5-13(9-17(18)22)12-3-4-12;2-1(3)4/h5-9,12H,3-4,10-11H2,1-2H3;(H2,2,3,4). The highest BCUT2D eigenvalue weighted by atomic mass is 35.5. The Morgan fingerprint density at radius 1 is 1.29 bits per heavy atom. The van der Waals surface area contributed by atoms with Gasteiger partial charge in [-0.1, -0.05) is 17.7 Å². The van der Waals surface area contributed by atoms with Gasteiger partial charge in [-0.05, 0) is 68.0 Å². The van der Waals surface area contributed by atoms with Crippen molar-refractivity contribution in [3.63, 3.8) is 0 Å². The molecule has 5 nitrogen and oxygen atoms in total. The molecule has 0 spiro atoms. The van der Waals surface area contributed by atoms with Crippen LogP contribution < -0.4 is 9.47 Å². The molecule has 7 heteroatoms. The van der Waals surface area contributed by atoms with Crippen molar-refractivity contribution in [2.24, 2.45) is 0 Å². The predicted molar refractivity (Wildman–Crippen MR) is 103 cm³/mol. The molecule has 150 valence electrons. The smallest absolute Gasteiger partial charge is 0.487 e. The summed E-state index contributed by atoms with van der Waals surface area (Å²) < 4.78 is 26.0. The van der Waals surface area contributed by atoms with E-state index < -0.39 is 6.16 Å². The highest BCUT2D eigenvalue weighted by Crippen LogP contribution is 2.42. The van der Waals surface area contributed by atoms with Crippen LogP contribution in [-0.4, -0.2) is 22.0 Å². The molecule has 0 atom stereocenters. The Bertz CT molecular complexity index is 889. The van der Waals surface area contributed by atoms with Gasteiger partial charge in [-0.3, -0.25) is 0 Å². The molecule has 0 saturated heterocycles. The van der Waals surface area contributed by atoms with Crippen LogP contribution >= 0.6 is 11.6 Å². The fourth-order valence-electron chi connectivity index (χ4n) is 3.31. The van der Waals surface area contributed by atoms with Gasteiger partial charge in [0, 0.05) is 17.0 Å². The van der Waals surface area contributed by atoms with Crippen LogP contribution in [0.25, 0.3) is 0 Å². The third-order valence-electron chi connectivity index (χ3n) is 4.59. The summed E-state index contributed by atoms with van der Waals surface area (Å²) in [6, 6.07) is 9.03. The van der Waals surface area contributed by atoms with Gasteiger partial charge in [0.25, 0.3) is 0 Å². The number of fused-ring (bicyclic) bond motifs is 1. The van der Waals surface area contributed by atoms with Crippen LogP contribution in [0.1, 0.15) is 49.3 Å². The zero-order valence-corrected chi connectivity index (χ0v) is 16.4. The van der Waals surface area contributed by atoms with Gasteiger partial charge in [-0.25, -0.2) is 9.18 Å². The molecule has 1 heterocycles. The largest absolute Gasteiger partial charge is 0.503 e. The Morgan fingerprint density at radius 2 is 1.96 bits per heavy atom. The first-order valence-corrected chi connectivity index (χ1v) is 9.37. The lowest BCUT2D eigenvalue weighted by Gasteiger charge is -2.18. The first kappa shape index (κ1) is 20.3. The summed E-state index contributed by atoms with van der Waals surface area (Å²) >= 11 is 6.21. The fraction of sp³-hybridized carbons (Fsp3) is 0.381. The van der Waals surface area contributed by atoms with E-state index in [4.69, 9.17) is 36.1 Å². The summed E-state index contributed by atoms with van der Waals surface area (Å²) in [6.45, 7) is 4.32. The van der Waals surface area contributed by atoms with Gasteiger partial charge < -0.3 is 19.7 Å². The first-order chi connectivity index (χ1) is 13.1. The van der Waals surface area contributed by atoms with E-state index in [-0.39, 0.29) is 23.8 Å². The van der Waals surface area contributed by atoms with Crippen LogP contribution in [0.2, 0.25) is 5.02 Å². The van der Waals surface area contributed by atoms with Crippen molar-refractivity contribution in [1.82, 2.24) is 0 Å². The molecule has 0 radical (unpaired) electrons. The monoisotopic (exact) mass is 408 g/mol. The Hall–Kier alpha value is -2.47. The van der Waals surface area contributed by atoms with Crippen LogP contribution in [0.3, 0.4) is 0 Å². The zero-order chi connectivity index (χ0) is 20.5. The van der Waals surface area contributed by atoms with E-state index in [1.165, 1.54) is 0 Å². The number of ether oxygens (including phenoxy) is 2. The van der Waals surface area contributed by atoms with Crippen molar-refractivity contribution in [1.29, 1.82) is 0 Å². The molecular weight excluding hydrogens is 387 g/mol. The lowest BCUT2D eigenvalue weighted by atomic mass is 10.0. The minimum atomic E-state index is -1.83. The van der Waals surface area contributed by atoms with Crippen LogP contribution in [-0.2, 0) is 13.0 Å². The molecule has 1 saturated carbocycles. The molecule has 1 aliphatic carbocycles. The lowest BCUT2D eigenvalue weighted by Crippen LogP contribution is -2.25. The van der Waals surface area contributed by atoms with Gasteiger partial charge in [0.15, 0.2) is 11.6 Å². The summed E-state index contributed by atoms with van der Waals surface area (Å²) in [7, 11) is 0. The molecule has 28 heavy (non-hydrogen) atoms. The van der Waals surface area contributed by atoms with Crippen LogP contribution in [0, 0.1) is 5.82 Å². The average Bonchev–Trinajstić information content (AvgIpc) is 3.36. The second-order valence-corrected chi connectivity index (χ2v) is 8.06. The summed E-state index contributed by atoms with van der Waals surface area (Å²) in [6.07, 6.45) is 1.28. The Kier molecular flexibility index (Phi) is 5.70. The predicted octanol–water partition coefficient (Wildman–Crippen LogP) is 5.87. The number of benzene rings is 2. The van der Waals surface area contributed by atoms with Crippen molar-refractivity contribution in [2.75, 3.05) is 0 Å². The fourth-order valence-corrected chi connectivity index (χ4v) is 3.58. The molecule has 2 aromatic rings. The highest BCUT2D eigenvalue weighted by Gasteiger charge is 2.32. The van der Waals surface area contributed by atoms with Crippen molar-refractivity contribution in [3.8, 4) is 11.5 Å². The minimum Gasteiger partial charge on any atom is -0.487 e. The van der Waals surface area contributed by atoms with E-state index in [0.717, 1.165) is 41.7 Å². The van der Waals surface area contributed by atoms with Crippen LogP contribution in [0.5, 0.6) is 11.5 Å². The quantitative estimate of drug-likeness (QED) is 0.661. The summed E-state index contributed by atoms with van der Waals surface area (Å²) in [5.41, 5.74) is 2.75. The topological polar surface area (TPSA) is 76.0 Å². The number of halogens is 2. The van der Waals surface area contributed by atoms with E-state index in [0.29, 0.717) is 10.9 Å². The molecule has 0 unspecified atom stereocenters. The molecular formula is C21H22ClFO5. The van der Waals surface area contributed by atoms with E-state index in [1.54, 1.807) is 12.1 Å². The SMILES string of the molecule is CC1(C)Cc2cc(Cl)cc(COc3ccc(C4CC4)cc3F)c2O1.O=C(O)O. The summed E-state index contributed by atoms with van der Waals surface area (Å²) in [5, 5.41) is 14.6. The molecule has 1 fully saturated rings. The zero-order valence-electron chi connectivity index (χ0n) is 15.7. The Labute approximate surface area is 167 Å². The number of hydrogen-bond donors (Lipinski definition) is 2. The Morgan fingerprint density at radius 3 is 2.57 bits per heavy atom. The van der Waals surface area contributed by atoms with Gasteiger partial charge >= 0.3 is 6.16 Å². The van der Waals surface area contributed by atoms with Gasteiger partial charge in [0.1, 0.15) is 18.0 Å². The Balaban J connectivity index is 0.000000516. The van der Waals surface area contributed by atoms with Gasteiger partial charge in [-0.15, -0.1) is 0 Å². The van der Waals surface area contributed by atoms with Gasteiger partial charge in [-0.2, -0.15) is 0 Å². The number of carbonyl (C=O) groups is 1. The lowest BCUT2D eigenvalue weighted by molar-refractivity contribution is 0.134. The number of carboxylic acid groups (broad SMARTS) is 2. The van der Waals surface area contributed by atoms with Crippen molar-refractivity contribution in [3.05, 3.63) is 57.9 Å². The van der Waals surface area contributed by atoms with Crippen molar-refractivity contribution in [2.45, 2.75) is 51.2 Å².